The highest BCUT2D eigenvalue weighted by molar-refractivity contribution is 6.33. The number of halogens is 3. The lowest BCUT2D eigenvalue weighted by molar-refractivity contribution is 0.583. The Morgan fingerprint density at radius 1 is 1.25 bits per heavy atom. The minimum Gasteiger partial charge on any atom is -0.374 e. The number of rotatable bonds is 1. The van der Waals surface area contributed by atoms with Crippen LogP contribution in [0.25, 0.3) is 0 Å². The van der Waals surface area contributed by atoms with Crippen LogP contribution in [0.5, 0.6) is 0 Å². The molecule has 0 saturated heterocycles. The summed E-state index contributed by atoms with van der Waals surface area (Å²) in [5, 5.41) is 0.0810. The van der Waals surface area contributed by atoms with Crippen molar-refractivity contribution in [1.29, 1.82) is 0 Å². The van der Waals surface area contributed by atoms with Gasteiger partial charge in [-0.15, -0.1) is 0 Å². The fourth-order valence-corrected chi connectivity index (χ4v) is 1.33. The summed E-state index contributed by atoms with van der Waals surface area (Å²) in [5.74, 6) is -1.31. The summed E-state index contributed by atoms with van der Waals surface area (Å²) in [5.41, 5.74) is 0.207. The summed E-state index contributed by atoms with van der Waals surface area (Å²) in [6.45, 7) is 0. The number of hydrogen-bond donors (Lipinski definition) is 0. The molecule has 0 bridgehead atoms. The zero-order valence-corrected chi connectivity index (χ0v) is 7.49. The van der Waals surface area contributed by atoms with E-state index in [2.05, 4.69) is 0 Å². The Balaban J connectivity index is 3.28. The van der Waals surface area contributed by atoms with Crippen LogP contribution < -0.4 is 4.90 Å². The third kappa shape index (κ3) is 1.67. The lowest BCUT2D eigenvalue weighted by Gasteiger charge is -2.14. The molecule has 0 aliphatic heterocycles. The van der Waals surface area contributed by atoms with Crippen LogP contribution in [0.1, 0.15) is 0 Å². The van der Waals surface area contributed by atoms with Gasteiger partial charge in [-0.2, -0.15) is 0 Å². The average Bonchev–Trinajstić information content (AvgIpc) is 1.82. The molecule has 0 saturated carbocycles. The van der Waals surface area contributed by atoms with Crippen LogP contribution in [0.3, 0.4) is 0 Å². The van der Waals surface area contributed by atoms with E-state index in [-0.39, 0.29) is 10.7 Å². The van der Waals surface area contributed by atoms with Crippen molar-refractivity contribution in [3.8, 4) is 0 Å². The quantitative estimate of drug-likeness (QED) is 0.660. The van der Waals surface area contributed by atoms with Gasteiger partial charge in [0.05, 0.1) is 10.7 Å². The van der Waals surface area contributed by atoms with E-state index in [1.807, 2.05) is 0 Å². The lowest BCUT2D eigenvalue weighted by Crippen LogP contribution is -2.11. The Morgan fingerprint density at radius 3 is 2.25 bits per heavy atom. The predicted molar refractivity (Wildman–Crippen MR) is 45.7 cm³/mol. The van der Waals surface area contributed by atoms with Gasteiger partial charge in [0, 0.05) is 20.2 Å². The van der Waals surface area contributed by atoms with Crippen molar-refractivity contribution in [3.63, 3.8) is 0 Å². The van der Waals surface area contributed by atoms with Gasteiger partial charge >= 0.3 is 0 Å². The van der Waals surface area contributed by atoms with E-state index in [1.54, 1.807) is 14.1 Å². The molecule has 1 nitrogen and oxygen atoms in total. The minimum atomic E-state index is -0.664. The largest absolute Gasteiger partial charge is 0.374 e. The Morgan fingerprint density at radius 2 is 1.83 bits per heavy atom. The minimum absolute atomic E-state index is 0.0810. The van der Waals surface area contributed by atoms with Crippen molar-refractivity contribution in [2.45, 2.75) is 0 Å². The summed E-state index contributed by atoms with van der Waals surface area (Å²) in [4.78, 5) is 1.50. The van der Waals surface area contributed by atoms with E-state index in [1.165, 1.54) is 4.90 Å². The Labute approximate surface area is 74.6 Å². The van der Waals surface area contributed by atoms with Crippen LogP contribution in [0.2, 0.25) is 5.02 Å². The highest BCUT2D eigenvalue weighted by Crippen LogP contribution is 2.28. The molecule has 0 aliphatic rings. The fraction of sp³-hybridized carbons (Fsp3) is 0.250. The zero-order valence-electron chi connectivity index (χ0n) is 6.74. The smallest absolute Gasteiger partial charge is 0.150 e. The van der Waals surface area contributed by atoms with Gasteiger partial charge in [-0.1, -0.05) is 11.6 Å². The molecule has 0 aliphatic carbocycles. The SMILES string of the molecule is CN(C)c1c(F)cc(F)cc1Cl. The van der Waals surface area contributed by atoms with Crippen LogP contribution in [-0.4, -0.2) is 14.1 Å². The topological polar surface area (TPSA) is 3.24 Å². The molecule has 0 fully saturated rings. The van der Waals surface area contributed by atoms with Gasteiger partial charge < -0.3 is 4.90 Å². The van der Waals surface area contributed by atoms with Crippen molar-refractivity contribution < 1.29 is 8.78 Å². The molecule has 0 aromatic heterocycles. The maximum absolute atomic E-state index is 13.0. The maximum Gasteiger partial charge on any atom is 0.150 e. The van der Waals surface area contributed by atoms with Gasteiger partial charge in [0.15, 0.2) is 5.82 Å². The van der Waals surface area contributed by atoms with Gasteiger partial charge in [0.1, 0.15) is 5.82 Å². The monoisotopic (exact) mass is 191 g/mol. The molecule has 0 radical (unpaired) electrons. The third-order valence-electron chi connectivity index (χ3n) is 1.43. The van der Waals surface area contributed by atoms with Gasteiger partial charge in [-0.25, -0.2) is 8.78 Å². The second-order valence-electron chi connectivity index (χ2n) is 2.61. The summed E-state index contributed by atoms with van der Waals surface area (Å²) in [6, 6.07) is 1.89. The molecule has 1 aromatic rings. The van der Waals surface area contributed by atoms with Crippen LogP contribution in [0.15, 0.2) is 12.1 Å². The molecule has 0 unspecified atom stereocenters. The number of anilines is 1. The van der Waals surface area contributed by atoms with Crippen molar-refractivity contribution in [1.82, 2.24) is 0 Å². The molecule has 4 heteroatoms. The first-order valence-corrected chi connectivity index (χ1v) is 3.72. The van der Waals surface area contributed by atoms with E-state index >= 15 is 0 Å². The van der Waals surface area contributed by atoms with Crippen molar-refractivity contribution >= 4 is 17.3 Å². The third-order valence-corrected chi connectivity index (χ3v) is 1.72. The number of benzene rings is 1. The van der Waals surface area contributed by atoms with Gasteiger partial charge in [0.2, 0.25) is 0 Å². The van der Waals surface area contributed by atoms with E-state index in [9.17, 15) is 8.78 Å². The van der Waals surface area contributed by atoms with Crippen LogP contribution in [-0.2, 0) is 0 Å². The molecule has 0 heterocycles. The first kappa shape index (κ1) is 9.26. The number of hydrogen-bond acceptors (Lipinski definition) is 1. The Bertz CT molecular complexity index is 276. The normalized spacial score (nSPS) is 10.1. The average molecular weight is 192 g/mol. The molecule has 0 spiro atoms. The number of nitrogens with zero attached hydrogens (tertiary/aromatic N) is 1. The highest BCUT2D eigenvalue weighted by atomic mass is 35.5. The van der Waals surface area contributed by atoms with Gasteiger partial charge in [-0.3, -0.25) is 0 Å². The van der Waals surface area contributed by atoms with E-state index in [0.29, 0.717) is 0 Å². The summed E-state index contributed by atoms with van der Waals surface area (Å²) in [7, 11) is 3.28. The molecule has 1 rings (SSSR count). The van der Waals surface area contributed by atoms with Crippen LogP contribution >= 0.6 is 11.6 Å². The van der Waals surface area contributed by atoms with Crippen molar-refractivity contribution in [2.24, 2.45) is 0 Å². The van der Waals surface area contributed by atoms with Crippen LogP contribution in [0.4, 0.5) is 14.5 Å². The first-order valence-electron chi connectivity index (χ1n) is 3.34. The van der Waals surface area contributed by atoms with Crippen LogP contribution in [0, 0.1) is 11.6 Å². The fourth-order valence-electron chi connectivity index (χ4n) is 0.962. The summed E-state index contributed by atoms with van der Waals surface area (Å²) >= 11 is 5.61. The maximum atomic E-state index is 13.0. The first-order chi connectivity index (χ1) is 5.52. The second kappa shape index (κ2) is 3.27. The predicted octanol–water partition coefficient (Wildman–Crippen LogP) is 2.68. The standard InChI is InChI=1S/C8H8ClF2N/c1-12(2)8-6(9)3-5(10)4-7(8)11/h3-4H,1-2H3. The van der Waals surface area contributed by atoms with E-state index in [0.717, 1.165) is 12.1 Å². The summed E-state index contributed by atoms with van der Waals surface area (Å²) < 4.78 is 25.5. The van der Waals surface area contributed by atoms with Gasteiger partial charge in [0.25, 0.3) is 0 Å². The molecular weight excluding hydrogens is 184 g/mol. The zero-order chi connectivity index (χ0) is 9.30. The molecular formula is C8H8ClF2N. The molecule has 12 heavy (non-hydrogen) atoms. The lowest BCUT2D eigenvalue weighted by atomic mass is 10.3. The Hall–Kier alpha value is -0.830. The van der Waals surface area contributed by atoms with Crippen molar-refractivity contribution in [3.05, 3.63) is 28.8 Å². The van der Waals surface area contributed by atoms with E-state index < -0.39 is 11.6 Å². The molecule has 66 valence electrons. The summed E-state index contributed by atoms with van der Waals surface area (Å²) in [6.07, 6.45) is 0. The van der Waals surface area contributed by atoms with Crippen molar-refractivity contribution in [2.75, 3.05) is 19.0 Å². The second-order valence-corrected chi connectivity index (χ2v) is 3.02. The molecule has 0 amide bonds. The molecule has 0 N–H and O–H groups in total. The van der Waals surface area contributed by atoms with Gasteiger partial charge in [-0.05, 0) is 6.07 Å². The molecule has 0 atom stereocenters. The highest BCUT2D eigenvalue weighted by Gasteiger charge is 2.10. The Kier molecular flexibility index (Phi) is 2.52. The van der Waals surface area contributed by atoms with E-state index in [4.69, 9.17) is 11.6 Å². The molecule has 1 aromatic carbocycles.